The van der Waals surface area contributed by atoms with E-state index in [-0.39, 0.29) is 0 Å². The summed E-state index contributed by atoms with van der Waals surface area (Å²) in [4.78, 5) is 18.2. The highest BCUT2D eigenvalue weighted by Gasteiger charge is 2.05. The molecule has 0 aliphatic heterocycles. The van der Waals surface area contributed by atoms with E-state index in [1.54, 1.807) is 18.3 Å². The Bertz CT molecular complexity index is 778. The van der Waals surface area contributed by atoms with Gasteiger partial charge in [-0.05, 0) is 29.8 Å². The van der Waals surface area contributed by atoms with Gasteiger partial charge in [0.1, 0.15) is 5.65 Å². The first-order valence-electron chi connectivity index (χ1n) is 6.07. The lowest BCUT2D eigenvalue weighted by Crippen LogP contribution is -1.96. The third-order valence-corrected chi connectivity index (χ3v) is 3.29. The minimum Gasteiger partial charge on any atom is -0.478 e. The monoisotopic (exact) mass is 286 g/mol. The summed E-state index contributed by atoms with van der Waals surface area (Å²) in [6, 6.07) is 10.7. The molecule has 0 fully saturated rings. The SMILES string of the molecule is O=C(O)c1ccc(Cc2cc3cc(Cl)cnc3[nH]2)cc1. The number of fused-ring (bicyclic) bond motifs is 1. The van der Waals surface area contributed by atoms with E-state index in [2.05, 4.69) is 9.97 Å². The second-order valence-electron chi connectivity index (χ2n) is 4.56. The van der Waals surface area contributed by atoms with Crippen LogP contribution in [0.5, 0.6) is 0 Å². The minimum absolute atomic E-state index is 0.291. The molecule has 20 heavy (non-hydrogen) atoms. The average molecular weight is 287 g/mol. The molecule has 2 aromatic heterocycles. The average Bonchev–Trinajstić information content (AvgIpc) is 2.80. The third kappa shape index (κ3) is 2.51. The van der Waals surface area contributed by atoms with Gasteiger partial charge in [-0.15, -0.1) is 0 Å². The fourth-order valence-corrected chi connectivity index (χ4v) is 2.29. The predicted octanol–water partition coefficient (Wildman–Crippen LogP) is 3.51. The number of halogens is 1. The van der Waals surface area contributed by atoms with Crippen LogP contribution in [0.4, 0.5) is 0 Å². The van der Waals surface area contributed by atoms with Crippen LogP contribution in [0.2, 0.25) is 5.02 Å². The lowest BCUT2D eigenvalue weighted by Gasteiger charge is -2.00. The molecule has 0 unspecified atom stereocenters. The molecule has 0 saturated carbocycles. The van der Waals surface area contributed by atoms with Crippen LogP contribution in [0.3, 0.4) is 0 Å². The Hall–Kier alpha value is -2.33. The summed E-state index contributed by atoms with van der Waals surface area (Å²) in [6.45, 7) is 0. The van der Waals surface area contributed by atoms with Crippen LogP contribution in [-0.2, 0) is 6.42 Å². The van der Waals surface area contributed by atoms with Gasteiger partial charge >= 0.3 is 5.97 Å². The van der Waals surface area contributed by atoms with E-state index in [1.807, 2.05) is 24.3 Å². The Kier molecular flexibility index (Phi) is 3.16. The van der Waals surface area contributed by atoms with E-state index >= 15 is 0 Å². The van der Waals surface area contributed by atoms with Crippen molar-refractivity contribution in [1.82, 2.24) is 9.97 Å². The van der Waals surface area contributed by atoms with E-state index in [4.69, 9.17) is 16.7 Å². The fourth-order valence-electron chi connectivity index (χ4n) is 2.13. The maximum atomic E-state index is 10.8. The number of nitrogens with one attached hydrogen (secondary N) is 1. The molecule has 2 heterocycles. The maximum absolute atomic E-state index is 10.8. The summed E-state index contributed by atoms with van der Waals surface area (Å²) >= 11 is 5.90. The molecule has 0 spiro atoms. The van der Waals surface area contributed by atoms with Gasteiger partial charge < -0.3 is 10.1 Å². The summed E-state index contributed by atoms with van der Waals surface area (Å²) in [6.07, 6.45) is 2.29. The topological polar surface area (TPSA) is 66.0 Å². The zero-order chi connectivity index (χ0) is 14.1. The van der Waals surface area contributed by atoms with Gasteiger partial charge in [0.15, 0.2) is 0 Å². The van der Waals surface area contributed by atoms with Crippen molar-refractivity contribution in [3.63, 3.8) is 0 Å². The van der Waals surface area contributed by atoms with Gasteiger partial charge in [-0.3, -0.25) is 0 Å². The van der Waals surface area contributed by atoms with Gasteiger partial charge in [0.25, 0.3) is 0 Å². The van der Waals surface area contributed by atoms with E-state index in [0.717, 1.165) is 22.3 Å². The van der Waals surface area contributed by atoms with Gasteiger partial charge in [-0.1, -0.05) is 23.7 Å². The van der Waals surface area contributed by atoms with Crippen molar-refractivity contribution in [3.05, 3.63) is 64.4 Å². The molecule has 2 N–H and O–H groups in total. The predicted molar refractivity (Wildman–Crippen MR) is 77.3 cm³/mol. The Balaban J connectivity index is 1.87. The van der Waals surface area contributed by atoms with Crippen LogP contribution in [-0.4, -0.2) is 21.0 Å². The lowest BCUT2D eigenvalue weighted by atomic mass is 10.1. The van der Waals surface area contributed by atoms with Crippen molar-refractivity contribution < 1.29 is 9.90 Å². The summed E-state index contributed by atoms with van der Waals surface area (Å²) < 4.78 is 0. The van der Waals surface area contributed by atoms with Gasteiger partial charge in [0.2, 0.25) is 0 Å². The largest absolute Gasteiger partial charge is 0.478 e. The second-order valence-corrected chi connectivity index (χ2v) is 5.00. The van der Waals surface area contributed by atoms with Crippen molar-refractivity contribution in [2.24, 2.45) is 0 Å². The number of rotatable bonds is 3. The number of pyridine rings is 1. The van der Waals surface area contributed by atoms with Crippen LogP contribution in [0, 0.1) is 0 Å². The molecule has 0 aliphatic carbocycles. The van der Waals surface area contributed by atoms with Gasteiger partial charge in [0.05, 0.1) is 10.6 Å². The first-order chi connectivity index (χ1) is 9.61. The van der Waals surface area contributed by atoms with Crippen molar-refractivity contribution >= 4 is 28.6 Å². The number of aromatic carboxylic acids is 1. The summed E-state index contributed by atoms with van der Waals surface area (Å²) in [5.74, 6) is -0.916. The Morgan fingerprint density at radius 1 is 1.25 bits per heavy atom. The third-order valence-electron chi connectivity index (χ3n) is 3.09. The molecule has 5 heteroatoms. The number of hydrogen-bond acceptors (Lipinski definition) is 2. The molecule has 0 radical (unpaired) electrons. The smallest absolute Gasteiger partial charge is 0.335 e. The zero-order valence-electron chi connectivity index (χ0n) is 10.4. The number of carboxylic acids is 1. The van der Waals surface area contributed by atoms with Crippen LogP contribution in [0.25, 0.3) is 11.0 Å². The van der Waals surface area contributed by atoms with Crippen molar-refractivity contribution in [2.45, 2.75) is 6.42 Å². The quantitative estimate of drug-likeness (QED) is 0.774. The number of aromatic amines is 1. The highest BCUT2D eigenvalue weighted by Crippen LogP contribution is 2.19. The normalized spacial score (nSPS) is 10.8. The summed E-state index contributed by atoms with van der Waals surface area (Å²) in [5.41, 5.74) is 3.14. The maximum Gasteiger partial charge on any atom is 0.335 e. The standard InChI is InChI=1S/C15H11ClN2O2/c16-12-6-11-7-13(18-14(11)17-8-12)5-9-1-3-10(4-2-9)15(19)20/h1-4,6-8H,5H2,(H,17,18)(H,19,20). The van der Waals surface area contributed by atoms with Gasteiger partial charge in [-0.2, -0.15) is 0 Å². The lowest BCUT2D eigenvalue weighted by molar-refractivity contribution is 0.0697. The molecule has 4 nitrogen and oxygen atoms in total. The zero-order valence-corrected chi connectivity index (χ0v) is 11.2. The van der Waals surface area contributed by atoms with E-state index < -0.39 is 5.97 Å². The molecule has 0 amide bonds. The molecule has 0 saturated heterocycles. The van der Waals surface area contributed by atoms with Crippen LogP contribution in [0.15, 0.2) is 42.6 Å². The molecular formula is C15H11ClN2O2. The van der Waals surface area contributed by atoms with Crippen LogP contribution < -0.4 is 0 Å². The molecular weight excluding hydrogens is 276 g/mol. The molecule has 0 aliphatic rings. The molecule has 1 aromatic carbocycles. The molecule has 0 bridgehead atoms. The number of aromatic nitrogens is 2. The van der Waals surface area contributed by atoms with Crippen molar-refractivity contribution in [3.8, 4) is 0 Å². The second kappa shape index (κ2) is 4.98. The van der Waals surface area contributed by atoms with E-state index in [1.165, 1.54) is 0 Å². The van der Waals surface area contributed by atoms with Gasteiger partial charge in [-0.25, -0.2) is 9.78 Å². The highest BCUT2D eigenvalue weighted by molar-refractivity contribution is 6.31. The molecule has 0 atom stereocenters. The first kappa shape index (κ1) is 12.7. The highest BCUT2D eigenvalue weighted by atomic mass is 35.5. The molecule has 3 aromatic rings. The number of nitrogens with zero attached hydrogens (tertiary/aromatic N) is 1. The van der Waals surface area contributed by atoms with Crippen molar-refractivity contribution in [1.29, 1.82) is 0 Å². The van der Waals surface area contributed by atoms with Crippen molar-refractivity contribution in [2.75, 3.05) is 0 Å². The minimum atomic E-state index is -0.916. The Morgan fingerprint density at radius 3 is 2.70 bits per heavy atom. The van der Waals surface area contributed by atoms with Crippen LogP contribution >= 0.6 is 11.6 Å². The Labute approximate surface area is 120 Å². The fraction of sp³-hybridized carbons (Fsp3) is 0.0667. The number of carboxylic acid groups (broad SMARTS) is 1. The number of carbonyl (C=O) groups is 1. The van der Waals surface area contributed by atoms with E-state index in [9.17, 15) is 4.79 Å². The summed E-state index contributed by atoms with van der Waals surface area (Å²) in [5, 5.41) is 10.4. The van der Waals surface area contributed by atoms with Gasteiger partial charge in [0, 0.05) is 23.7 Å². The summed E-state index contributed by atoms with van der Waals surface area (Å²) in [7, 11) is 0. The molecule has 3 rings (SSSR count). The van der Waals surface area contributed by atoms with Crippen LogP contribution in [0.1, 0.15) is 21.6 Å². The first-order valence-corrected chi connectivity index (χ1v) is 6.45. The number of H-pyrrole nitrogens is 1. The number of benzene rings is 1. The van der Waals surface area contributed by atoms with E-state index in [0.29, 0.717) is 17.0 Å². The molecule has 100 valence electrons. The number of hydrogen-bond donors (Lipinski definition) is 2. The Morgan fingerprint density at radius 2 is 2.00 bits per heavy atom.